The van der Waals surface area contributed by atoms with Crippen molar-refractivity contribution in [3.05, 3.63) is 42.2 Å². The van der Waals surface area contributed by atoms with Gasteiger partial charge in [-0.3, -0.25) is 0 Å². The Labute approximate surface area is 123 Å². The van der Waals surface area contributed by atoms with Gasteiger partial charge in [0.15, 0.2) is 0 Å². The Bertz CT molecular complexity index is 565. The van der Waals surface area contributed by atoms with Crippen molar-refractivity contribution in [2.45, 2.75) is 26.3 Å². The van der Waals surface area contributed by atoms with Crippen molar-refractivity contribution in [3.63, 3.8) is 0 Å². The largest absolute Gasteiger partial charge is 0.478 e. The van der Waals surface area contributed by atoms with Crippen molar-refractivity contribution < 1.29 is 19.1 Å². The van der Waals surface area contributed by atoms with Crippen LogP contribution in [0, 0.1) is 5.82 Å². The molecule has 1 aromatic rings. The van der Waals surface area contributed by atoms with Gasteiger partial charge >= 0.3 is 12.0 Å². The lowest BCUT2D eigenvalue weighted by Crippen LogP contribution is -2.47. The van der Waals surface area contributed by atoms with E-state index >= 15 is 0 Å². The van der Waals surface area contributed by atoms with Crippen molar-refractivity contribution in [2.24, 2.45) is 0 Å². The number of urea groups is 1. The Morgan fingerprint density at radius 2 is 2.05 bits per heavy atom. The average molecular weight is 294 g/mol. The van der Waals surface area contributed by atoms with Crippen LogP contribution in [0.15, 0.2) is 30.9 Å². The Kier molecular flexibility index (Phi) is 5.07. The van der Waals surface area contributed by atoms with Crippen LogP contribution in [-0.4, -0.2) is 34.1 Å². The molecule has 0 fully saturated rings. The number of nitrogens with zero attached hydrogens (tertiary/aromatic N) is 1. The summed E-state index contributed by atoms with van der Waals surface area (Å²) in [6.45, 7) is 9.54. The highest BCUT2D eigenvalue weighted by Crippen LogP contribution is 2.18. The van der Waals surface area contributed by atoms with Gasteiger partial charge < -0.3 is 15.3 Å². The molecule has 0 aliphatic heterocycles. The zero-order chi connectivity index (χ0) is 16.2. The summed E-state index contributed by atoms with van der Waals surface area (Å²) in [6, 6.07) is 3.03. The minimum atomic E-state index is -1.35. The first-order valence-corrected chi connectivity index (χ1v) is 6.39. The maximum absolute atomic E-state index is 13.6. The molecule has 6 heteroatoms. The lowest BCUT2D eigenvalue weighted by Gasteiger charge is -2.34. The van der Waals surface area contributed by atoms with Gasteiger partial charge in [0.2, 0.25) is 0 Å². The summed E-state index contributed by atoms with van der Waals surface area (Å²) >= 11 is 0. The van der Waals surface area contributed by atoms with Crippen LogP contribution in [0.1, 0.15) is 31.1 Å². The highest BCUT2D eigenvalue weighted by atomic mass is 19.1. The summed E-state index contributed by atoms with van der Waals surface area (Å²) in [5.74, 6) is -2.25. The highest BCUT2D eigenvalue weighted by Gasteiger charge is 2.25. The van der Waals surface area contributed by atoms with E-state index in [9.17, 15) is 14.0 Å². The molecule has 0 unspecified atom stereocenters. The first-order valence-electron chi connectivity index (χ1n) is 6.39. The molecule has 2 N–H and O–H groups in total. The molecule has 0 atom stereocenters. The molecule has 0 spiro atoms. The van der Waals surface area contributed by atoms with Gasteiger partial charge in [-0.05, 0) is 39.0 Å². The van der Waals surface area contributed by atoms with Crippen LogP contribution in [0.2, 0.25) is 0 Å². The minimum absolute atomic E-state index is 0.195. The smallest absolute Gasteiger partial charge is 0.338 e. The third-order valence-corrected chi connectivity index (χ3v) is 2.82. The van der Waals surface area contributed by atoms with E-state index in [1.54, 1.807) is 6.08 Å². The second-order valence-corrected chi connectivity index (χ2v) is 5.50. The summed E-state index contributed by atoms with van der Waals surface area (Å²) in [4.78, 5) is 24.5. The van der Waals surface area contributed by atoms with Crippen LogP contribution in [0.3, 0.4) is 0 Å². The Morgan fingerprint density at radius 3 is 2.48 bits per heavy atom. The molecule has 0 radical (unpaired) electrons. The maximum atomic E-state index is 13.6. The van der Waals surface area contributed by atoms with Gasteiger partial charge in [0.1, 0.15) is 5.82 Å². The van der Waals surface area contributed by atoms with Crippen LogP contribution in [0.4, 0.5) is 14.9 Å². The molecule has 0 saturated heterocycles. The molecule has 2 amide bonds. The van der Waals surface area contributed by atoms with Crippen molar-refractivity contribution in [1.82, 2.24) is 4.90 Å². The van der Waals surface area contributed by atoms with Crippen molar-refractivity contribution >= 4 is 17.7 Å². The predicted octanol–water partition coefficient (Wildman–Crippen LogP) is 3.34. The summed E-state index contributed by atoms with van der Waals surface area (Å²) < 4.78 is 13.6. The van der Waals surface area contributed by atoms with Crippen LogP contribution >= 0.6 is 0 Å². The number of halogens is 1. The zero-order valence-corrected chi connectivity index (χ0v) is 12.3. The average Bonchev–Trinajstić information content (AvgIpc) is 2.33. The number of hydrogen-bond acceptors (Lipinski definition) is 2. The van der Waals surface area contributed by atoms with E-state index in [0.717, 1.165) is 12.1 Å². The number of carbonyl (C=O) groups excluding carboxylic acids is 1. The Balaban J connectivity index is 2.94. The zero-order valence-electron chi connectivity index (χ0n) is 12.3. The molecule has 0 aliphatic carbocycles. The number of aromatic carboxylic acids is 1. The summed E-state index contributed by atoms with van der Waals surface area (Å²) in [5.41, 5.74) is -0.676. The quantitative estimate of drug-likeness (QED) is 0.837. The molecule has 0 aliphatic rings. The number of rotatable bonds is 4. The molecule has 21 heavy (non-hydrogen) atoms. The van der Waals surface area contributed by atoms with E-state index in [1.807, 2.05) is 20.8 Å². The van der Waals surface area contributed by atoms with Crippen LogP contribution in [0.5, 0.6) is 0 Å². The fraction of sp³-hybridized carbons (Fsp3) is 0.333. The molecular formula is C15H19FN2O3. The monoisotopic (exact) mass is 294 g/mol. The number of carboxylic acids is 1. The van der Waals surface area contributed by atoms with Gasteiger partial charge in [0.25, 0.3) is 0 Å². The lowest BCUT2D eigenvalue weighted by atomic mass is 10.1. The molecular weight excluding hydrogens is 275 g/mol. The van der Waals surface area contributed by atoms with Crippen LogP contribution in [-0.2, 0) is 0 Å². The van der Waals surface area contributed by atoms with Gasteiger partial charge in [-0.25, -0.2) is 14.0 Å². The summed E-state index contributed by atoms with van der Waals surface area (Å²) in [6.07, 6.45) is 1.60. The summed E-state index contributed by atoms with van der Waals surface area (Å²) in [5, 5.41) is 11.3. The Morgan fingerprint density at radius 1 is 1.43 bits per heavy atom. The van der Waals surface area contributed by atoms with E-state index in [-0.39, 0.29) is 5.69 Å². The van der Waals surface area contributed by atoms with Crippen LogP contribution < -0.4 is 5.32 Å². The first-order chi connectivity index (χ1) is 9.66. The molecule has 0 bridgehead atoms. The van der Waals surface area contributed by atoms with E-state index in [4.69, 9.17) is 5.11 Å². The number of nitrogens with one attached hydrogen (secondary N) is 1. The minimum Gasteiger partial charge on any atom is -0.478 e. The van der Waals surface area contributed by atoms with E-state index < -0.39 is 28.9 Å². The fourth-order valence-electron chi connectivity index (χ4n) is 1.75. The standard InChI is InChI=1S/C15H19FN2O3/c1-5-8-18(15(2,3)4)14(21)17-10-6-7-11(13(19)20)12(16)9-10/h5-7,9H,1,8H2,2-4H3,(H,17,21)(H,19,20). The number of hydrogen-bond donors (Lipinski definition) is 2. The highest BCUT2D eigenvalue weighted by molar-refractivity contribution is 5.92. The number of amides is 2. The lowest BCUT2D eigenvalue weighted by molar-refractivity contribution is 0.0692. The number of anilines is 1. The molecule has 0 aromatic heterocycles. The van der Waals surface area contributed by atoms with Crippen LogP contribution in [0.25, 0.3) is 0 Å². The van der Waals surface area contributed by atoms with Crippen molar-refractivity contribution in [1.29, 1.82) is 0 Å². The molecule has 0 saturated carbocycles. The number of benzene rings is 1. The second-order valence-electron chi connectivity index (χ2n) is 5.50. The second kappa shape index (κ2) is 6.39. The van der Waals surface area contributed by atoms with E-state index in [2.05, 4.69) is 11.9 Å². The van der Waals surface area contributed by atoms with E-state index in [1.165, 1.54) is 11.0 Å². The van der Waals surface area contributed by atoms with Crippen molar-refractivity contribution in [3.8, 4) is 0 Å². The fourth-order valence-corrected chi connectivity index (χ4v) is 1.75. The molecule has 114 valence electrons. The van der Waals surface area contributed by atoms with Gasteiger partial charge in [0.05, 0.1) is 5.56 Å². The summed E-state index contributed by atoms with van der Waals surface area (Å²) in [7, 11) is 0. The normalized spacial score (nSPS) is 10.9. The third-order valence-electron chi connectivity index (χ3n) is 2.82. The van der Waals surface area contributed by atoms with Gasteiger partial charge in [-0.2, -0.15) is 0 Å². The first kappa shape index (κ1) is 16.7. The maximum Gasteiger partial charge on any atom is 0.338 e. The van der Waals surface area contributed by atoms with Crippen molar-refractivity contribution in [2.75, 3.05) is 11.9 Å². The third kappa shape index (κ3) is 4.30. The Hall–Kier alpha value is -2.37. The van der Waals surface area contributed by atoms with Gasteiger partial charge in [-0.15, -0.1) is 6.58 Å². The molecule has 5 nitrogen and oxygen atoms in total. The number of carboxylic acid groups (broad SMARTS) is 1. The van der Waals surface area contributed by atoms with E-state index in [0.29, 0.717) is 6.54 Å². The predicted molar refractivity (Wildman–Crippen MR) is 79.0 cm³/mol. The van der Waals surface area contributed by atoms with Gasteiger partial charge in [-0.1, -0.05) is 6.08 Å². The molecule has 0 heterocycles. The topological polar surface area (TPSA) is 69.6 Å². The number of carbonyl (C=O) groups is 2. The SMILES string of the molecule is C=CCN(C(=O)Nc1ccc(C(=O)O)c(F)c1)C(C)(C)C. The molecule has 1 rings (SSSR count). The van der Waals surface area contributed by atoms with Gasteiger partial charge in [0, 0.05) is 17.8 Å². The molecule has 1 aromatic carbocycles.